The molecule has 112 valence electrons. The number of rotatable bonds is 4. The lowest BCUT2D eigenvalue weighted by Gasteiger charge is -2.32. The van der Waals surface area contributed by atoms with E-state index in [9.17, 15) is 0 Å². The van der Waals surface area contributed by atoms with Crippen LogP contribution in [0.2, 0.25) is 0 Å². The summed E-state index contributed by atoms with van der Waals surface area (Å²) in [7, 11) is 2.18. The monoisotopic (exact) mass is 285 g/mol. The van der Waals surface area contributed by atoms with Gasteiger partial charge in [-0.1, -0.05) is 18.2 Å². The van der Waals surface area contributed by atoms with Gasteiger partial charge in [0.15, 0.2) is 0 Å². The zero-order valence-electron chi connectivity index (χ0n) is 12.5. The Labute approximate surface area is 125 Å². The number of benzene rings is 1. The topological polar surface area (TPSA) is 57.4 Å². The molecule has 3 N–H and O–H groups in total. The lowest BCUT2D eigenvalue weighted by atomic mass is 10.1. The number of fused-ring (bicyclic) bond motifs is 1. The van der Waals surface area contributed by atoms with E-state index in [1.165, 1.54) is 0 Å². The lowest BCUT2D eigenvalue weighted by Crippen LogP contribution is -2.45. The SMILES string of the molecule is CN1CCN(CCNc2c(N)cnc3ccccc23)CC1. The summed E-state index contributed by atoms with van der Waals surface area (Å²) in [6.07, 6.45) is 1.74. The van der Waals surface area contributed by atoms with Crippen LogP contribution in [-0.4, -0.2) is 61.1 Å². The van der Waals surface area contributed by atoms with Crippen LogP contribution in [0, 0.1) is 0 Å². The number of pyridine rings is 1. The van der Waals surface area contributed by atoms with Crippen LogP contribution >= 0.6 is 0 Å². The minimum absolute atomic E-state index is 0.715. The largest absolute Gasteiger partial charge is 0.396 e. The summed E-state index contributed by atoms with van der Waals surface area (Å²) in [6.45, 7) is 6.54. The van der Waals surface area contributed by atoms with Crippen molar-refractivity contribution in [3.63, 3.8) is 0 Å². The molecule has 1 aromatic heterocycles. The molecule has 3 rings (SSSR count). The summed E-state index contributed by atoms with van der Waals surface area (Å²) in [5, 5.41) is 4.59. The third-order valence-corrected chi connectivity index (χ3v) is 4.13. The van der Waals surface area contributed by atoms with Crippen LogP contribution in [0.25, 0.3) is 10.9 Å². The Balaban J connectivity index is 1.64. The highest BCUT2D eigenvalue weighted by atomic mass is 15.2. The first-order valence-corrected chi connectivity index (χ1v) is 7.52. The first kappa shape index (κ1) is 14.1. The van der Waals surface area contributed by atoms with Gasteiger partial charge in [-0.3, -0.25) is 9.88 Å². The summed E-state index contributed by atoms with van der Waals surface area (Å²) in [6, 6.07) is 8.10. The molecule has 0 amide bonds. The van der Waals surface area contributed by atoms with Gasteiger partial charge in [0, 0.05) is 44.7 Å². The number of nitrogens with one attached hydrogen (secondary N) is 1. The fourth-order valence-corrected chi connectivity index (χ4v) is 2.76. The molecule has 0 bridgehead atoms. The fraction of sp³-hybridized carbons (Fsp3) is 0.438. The molecule has 0 saturated carbocycles. The van der Waals surface area contributed by atoms with Crippen molar-refractivity contribution in [1.29, 1.82) is 0 Å². The van der Waals surface area contributed by atoms with E-state index in [4.69, 9.17) is 5.73 Å². The van der Waals surface area contributed by atoms with Crippen LogP contribution in [0.3, 0.4) is 0 Å². The van der Waals surface area contributed by atoms with Crippen molar-refractivity contribution in [3.05, 3.63) is 30.5 Å². The average molecular weight is 285 g/mol. The number of para-hydroxylation sites is 1. The predicted octanol–water partition coefficient (Wildman–Crippen LogP) is 1.48. The molecule has 5 heteroatoms. The number of piperazine rings is 1. The van der Waals surface area contributed by atoms with Gasteiger partial charge in [-0.2, -0.15) is 0 Å². The van der Waals surface area contributed by atoms with E-state index >= 15 is 0 Å². The van der Waals surface area contributed by atoms with Gasteiger partial charge < -0.3 is 16.0 Å². The highest BCUT2D eigenvalue weighted by molar-refractivity contribution is 5.96. The first-order chi connectivity index (χ1) is 10.2. The van der Waals surface area contributed by atoms with Gasteiger partial charge in [-0.15, -0.1) is 0 Å². The van der Waals surface area contributed by atoms with Gasteiger partial charge in [-0.05, 0) is 13.1 Å². The van der Waals surface area contributed by atoms with E-state index in [-0.39, 0.29) is 0 Å². The molecule has 0 atom stereocenters. The zero-order chi connectivity index (χ0) is 14.7. The Morgan fingerprint density at radius 2 is 1.95 bits per heavy atom. The van der Waals surface area contributed by atoms with Gasteiger partial charge in [0.1, 0.15) is 0 Å². The number of hydrogen-bond donors (Lipinski definition) is 2. The number of nitrogens with two attached hydrogens (primary N) is 1. The van der Waals surface area contributed by atoms with Crippen LogP contribution in [0.1, 0.15) is 0 Å². The molecular weight excluding hydrogens is 262 g/mol. The molecule has 0 unspecified atom stereocenters. The number of hydrogen-bond acceptors (Lipinski definition) is 5. The van der Waals surface area contributed by atoms with E-state index in [0.29, 0.717) is 5.69 Å². The van der Waals surface area contributed by atoms with Gasteiger partial charge in [0.25, 0.3) is 0 Å². The van der Waals surface area contributed by atoms with Crippen LogP contribution < -0.4 is 11.1 Å². The number of anilines is 2. The molecule has 2 aromatic rings. The predicted molar refractivity (Wildman–Crippen MR) is 88.6 cm³/mol. The highest BCUT2D eigenvalue weighted by Crippen LogP contribution is 2.27. The molecule has 1 aliphatic heterocycles. The Morgan fingerprint density at radius 1 is 1.19 bits per heavy atom. The molecular formula is C16H23N5. The minimum atomic E-state index is 0.715. The van der Waals surface area contributed by atoms with Crippen LogP contribution in [0.15, 0.2) is 30.5 Å². The van der Waals surface area contributed by atoms with Gasteiger partial charge >= 0.3 is 0 Å². The Kier molecular flexibility index (Phi) is 4.22. The van der Waals surface area contributed by atoms with Crippen molar-refractivity contribution >= 4 is 22.3 Å². The van der Waals surface area contributed by atoms with Crippen molar-refractivity contribution in [3.8, 4) is 0 Å². The van der Waals surface area contributed by atoms with Crippen molar-refractivity contribution in [2.75, 3.05) is 57.4 Å². The molecule has 1 aromatic carbocycles. The summed E-state index contributed by atoms with van der Waals surface area (Å²) in [5.41, 5.74) is 8.78. The second kappa shape index (κ2) is 6.28. The minimum Gasteiger partial charge on any atom is -0.396 e. The Hall–Kier alpha value is -1.85. The molecule has 5 nitrogen and oxygen atoms in total. The first-order valence-electron chi connectivity index (χ1n) is 7.52. The molecule has 21 heavy (non-hydrogen) atoms. The number of nitrogen functional groups attached to an aromatic ring is 1. The fourth-order valence-electron chi connectivity index (χ4n) is 2.76. The molecule has 1 aliphatic rings. The van der Waals surface area contributed by atoms with E-state index in [2.05, 4.69) is 33.2 Å². The zero-order valence-corrected chi connectivity index (χ0v) is 12.5. The third-order valence-electron chi connectivity index (χ3n) is 4.13. The van der Waals surface area contributed by atoms with E-state index < -0.39 is 0 Å². The Morgan fingerprint density at radius 3 is 2.76 bits per heavy atom. The smallest absolute Gasteiger partial charge is 0.0743 e. The van der Waals surface area contributed by atoms with Crippen molar-refractivity contribution in [1.82, 2.24) is 14.8 Å². The quantitative estimate of drug-likeness (QED) is 0.891. The van der Waals surface area contributed by atoms with Gasteiger partial charge in [0.2, 0.25) is 0 Å². The van der Waals surface area contributed by atoms with E-state index in [1.54, 1.807) is 6.20 Å². The maximum Gasteiger partial charge on any atom is 0.0743 e. The van der Waals surface area contributed by atoms with Crippen molar-refractivity contribution < 1.29 is 0 Å². The van der Waals surface area contributed by atoms with Crippen LogP contribution in [0.5, 0.6) is 0 Å². The van der Waals surface area contributed by atoms with E-state index in [1.807, 2.05) is 18.2 Å². The molecule has 2 heterocycles. The standard InChI is InChI=1S/C16H23N5/c1-20-8-10-21(11-9-20)7-6-18-16-13-4-2-3-5-15(13)19-12-14(16)17/h2-5,12H,6-11,17H2,1H3,(H,18,19). The maximum atomic E-state index is 6.08. The second-order valence-corrected chi connectivity index (χ2v) is 5.68. The van der Waals surface area contributed by atoms with Gasteiger partial charge in [0.05, 0.1) is 23.1 Å². The lowest BCUT2D eigenvalue weighted by molar-refractivity contribution is 0.158. The van der Waals surface area contributed by atoms with Crippen molar-refractivity contribution in [2.45, 2.75) is 0 Å². The Bertz CT molecular complexity index is 605. The number of likely N-dealkylation sites (N-methyl/N-ethyl adjacent to an activating group) is 1. The summed E-state index contributed by atoms with van der Waals surface area (Å²) in [5.74, 6) is 0. The highest BCUT2D eigenvalue weighted by Gasteiger charge is 2.13. The van der Waals surface area contributed by atoms with E-state index in [0.717, 1.165) is 55.9 Å². The summed E-state index contributed by atoms with van der Waals surface area (Å²) >= 11 is 0. The van der Waals surface area contributed by atoms with Crippen LogP contribution in [-0.2, 0) is 0 Å². The maximum absolute atomic E-state index is 6.08. The summed E-state index contributed by atoms with van der Waals surface area (Å²) < 4.78 is 0. The number of aromatic nitrogens is 1. The third kappa shape index (κ3) is 3.25. The molecule has 1 saturated heterocycles. The van der Waals surface area contributed by atoms with Crippen LogP contribution in [0.4, 0.5) is 11.4 Å². The van der Waals surface area contributed by atoms with Crippen molar-refractivity contribution in [2.24, 2.45) is 0 Å². The molecule has 1 fully saturated rings. The average Bonchev–Trinajstić information content (AvgIpc) is 2.51. The second-order valence-electron chi connectivity index (χ2n) is 5.68. The summed E-state index contributed by atoms with van der Waals surface area (Å²) in [4.78, 5) is 9.23. The number of nitrogens with zero attached hydrogens (tertiary/aromatic N) is 3. The normalized spacial score (nSPS) is 17.2. The molecule has 0 aliphatic carbocycles. The van der Waals surface area contributed by atoms with Gasteiger partial charge in [-0.25, -0.2) is 0 Å². The molecule has 0 radical (unpaired) electrons. The molecule has 0 spiro atoms.